The Labute approximate surface area is 140 Å². The van der Waals surface area contributed by atoms with E-state index in [1.807, 2.05) is 18.3 Å². The number of amides is 1. The van der Waals surface area contributed by atoms with E-state index in [0.717, 1.165) is 41.9 Å². The van der Waals surface area contributed by atoms with Gasteiger partial charge >= 0.3 is 0 Å². The SMILES string of the molecule is COCCCNC(=O)C1CCc2nc(-c3cccnc3)sc2C1. The van der Waals surface area contributed by atoms with Crippen molar-refractivity contribution >= 4 is 17.2 Å². The van der Waals surface area contributed by atoms with E-state index in [-0.39, 0.29) is 11.8 Å². The average Bonchev–Trinajstić information content (AvgIpc) is 3.02. The first-order valence-corrected chi connectivity index (χ1v) is 8.75. The van der Waals surface area contributed by atoms with Crippen molar-refractivity contribution < 1.29 is 9.53 Å². The van der Waals surface area contributed by atoms with Crippen molar-refractivity contribution in [2.24, 2.45) is 5.92 Å². The molecule has 0 spiro atoms. The van der Waals surface area contributed by atoms with Crippen LogP contribution in [0.1, 0.15) is 23.4 Å². The van der Waals surface area contributed by atoms with Gasteiger partial charge in [-0.1, -0.05) is 0 Å². The third kappa shape index (κ3) is 3.95. The molecular formula is C17H21N3O2S. The van der Waals surface area contributed by atoms with E-state index in [1.165, 1.54) is 4.88 Å². The van der Waals surface area contributed by atoms with Gasteiger partial charge in [0.05, 0.1) is 5.69 Å². The molecule has 6 heteroatoms. The Kier molecular flexibility index (Phi) is 5.35. The zero-order valence-electron chi connectivity index (χ0n) is 13.2. The topological polar surface area (TPSA) is 64.1 Å². The van der Waals surface area contributed by atoms with Gasteiger partial charge in [0.15, 0.2) is 0 Å². The van der Waals surface area contributed by atoms with E-state index in [2.05, 4.69) is 10.3 Å². The van der Waals surface area contributed by atoms with Gasteiger partial charge in [0, 0.05) is 49.0 Å². The first-order chi connectivity index (χ1) is 11.3. The molecule has 1 N–H and O–H groups in total. The van der Waals surface area contributed by atoms with Crippen LogP contribution in [-0.4, -0.2) is 36.1 Å². The summed E-state index contributed by atoms with van der Waals surface area (Å²) in [6, 6.07) is 3.95. The summed E-state index contributed by atoms with van der Waals surface area (Å²) in [6.07, 6.45) is 7.00. The lowest BCUT2D eigenvalue weighted by Gasteiger charge is -2.20. The van der Waals surface area contributed by atoms with Crippen molar-refractivity contribution in [3.63, 3.8) is 0 Å². The number of pyridine rings is 1. The highest BCUT2D eigenvalue weighted by Crippen LogP contribution is 2.34. The number of hydrogen-bond donors (Lipinski definition) is 1. The maximum absolute atomic E-state index is 12.3. The Morgan fingerprint density at radius 1 is 1.52 bits per heavy atom. The Morgan fingerprint density at radius 3 is 3.22 bits per heavy atom. The van der Waals surface area contributed by atoms with E-state index in [4.69, 9.17) is 9.72 Å². The number of carbonyl (C=O) groups excluding carboxylic acids is 1. The highest BCUT2D eigenvalue weighted by Gasteiger charge is 2.27. The molecule has 1 unspecified atom stereocenters. The molecule has 2 heterocycles. The summed E-state index contributed by atoms with van der Waals surface area (Å²) >= 11 is 1.69. The maximum atomic E-state index is 12.3. The van der Waals surface area contributed by atoms with Gasteiger partial charge in [0.1, 0.15) is 5.01 Å². The molecule has 0 aliphatic heterocycles. The molecule has 0 bridgehead atoms. The lowest BCUT2D eigenvalue weighted by Crippen LogP contribution is -2.34. The number of nitrogens with one attached hydrogen (secondary N) is 1. The summed E-state index contributed by atoms with van der Waals surface area (Å²) in [5.74, 6) is 0.218. The molecule has 1 aliphatic carbocycles. The third-order valence-corrected chi connectivity index (χ3v) is 5.21. The molecule has 0 aromatic carbocycles. The normalized spacial score (nSPS) is 16.8. The monoisotopic (exact) mass is 331 g/mol. The molecular weight excluding hydrogens is 310 g/mol. The largest absolute Gasteiger partial charge is 0.385 e. The van der Waals surface area contributed by atoms with Crippen LogP contribution in [0.2, 0.25) is 0 Å². The number of hydrogen-bond acceptors (Lipinski definition) is 5. The fraction of sp³-hybridized carbons (Fsp3) is 0.471. The molecule has 0 radical (unpaired) electrons. The number of aryl methyl sites for hydroxylation is 1. The van der Waals surface area contributed by atoms with E-state index >= 15 is 0 Å². The second-order valence-corrected chi connectivity index (χ2v) is 6.79. The van der Waals surface area contributed by atoms with Gasteiger partial charge in [-0.2, -0.15) is 0 Å². The highest BCUT2D eigenvalue weighted by molar-refractivity contribution is 7.15. The van der Waals surface area contributed by atoms with Crippen LogP contribution in [0, 0.1) is 5.92 Å². The zero-order chi connectivity index (χ0) is 16.1. The van der Waals surface area contributed by atoms with Crippen LogP contribution in [0.4, 0.5) is 0 Å². The molecule has 0 saturated heterocycles. The average molecular weight is 331 g/mol. The number of fused-ring (bicyclic) bond motifs is 1. The van der Waals surface area contributed by atoms with Crippen LogP contribution in [0.5, 0.6) is 0 Å². The minimum Gasteiger partial charge on any atom is -0.385 e. The summed E-state index contributed by atoms with van der Waals surface area (Å²) in [5, 5.41) is 4.02. The zero-order valence-corrected chi connectivity index (χ0v) is 14.1. The van der Waals surface area contributed by atoms with Gasteiger partial charge in [-0.05, 0) is 37.8 Å². The Morgan fingerprint density at radius 2 is 2.43 bits per heavy atom. The summed E-state index contributed by atoms with van der Waals surface area (Å²) in [7, 11) is 1.67. The van der Waals surface area contributed by atoms with Gasteiger partial charge in [0.2, 0.25) is 5.91 Å². The van der Waals surface area contributed by atoms with E-state index in [0.29, 0.717) is 13.2 Å². The molecule has 1 amide bonds. The predicted molar refractivity (Wildman–Crippen MR) is 90.4 cm³/mol. The van der Waals surface area contributed by atoms with Crippen LogP contribution < -0.4 is 5.32 Å². The van der Waals surface area contributed by atoms with Crippen molar-refractivity contribution in [3.8, 4) is 10.6 Å². The predicted octanol–water partition coefficient (Wildman–Crippen LogP) is 2.46. The summed E-state index contributed by atoms with van der Waals surface area (Å²) in [5.41, 5.74) is 2.20. The second-order valence-electron chi connectivity index (χ2n) is 5.71. The molecule has 5 nitrogen and oxygen atoms in total. The summed E-state index contributed by atoms with van der Waals surface area (Å²) in [4.78, 5) is 22.4. The fourth-order valence-electron chi connectivity index (χ4n) is 2.78. The second kappa shape index (κ2) is 7.66. The van der Waals surface area contributed by atoms with E-state index < -0.39 is 0 Å². The third-order valence-electron chi connectivity index (χ3n) is 4.04. The van der Waals surface area contributed by atoms with Crippen LogP contribution >= 0.6 is 11.3 Å². The van der Waals surface area contributed by atoms with Crippen molar-refractivity contribution in [2.75, 3.05) is 20.3 Å². The van der Waals surface area contributed by atoms with Crippen molar-refractivity contribution in [1.29, 1.82) is 0 Å². The number of carbonyl (C=O) groups is 1. The van der Waals surface area contributed by atoms with Crippen molar-refractivity contribution in [3.05, 3.63) is 35.1 Å². The number of ether oxygens (including phenoxy) is 1. The van der Waals surface area contributed by atoms with Gasteiger partial charge < -0.3 is 10.1 Å². The molecule has 122 valence electrons. The first kappa shape index (κ1) is 16.1. The van der Waals surface area contributed by atoms with Crippen molar-refractivity contribution in [2.45, 2.75) is 25.7 Å². The smallest absolute Gasteiger partial charge is 0.223 e. The van der Waals surface area contributed by atoms with Gasteiger partial charge in [-0.15, -0.1) is 11.3 Å². The Bertz CT molecular complexity index is 657. The number of aromatic nitrogens is 2. The molecule has 3 rings (SSSR count). The summed E-state index contributed by atoms with van der Waals surface area (Å²) < 4.78 is 5.00. The van der Waals surface area contributed by atoms with Gasteiger partial charge in [0.25, 0.3) is 0 Å². The molecule has 1 aliphatic rings. The minimum atomic E-state index is 0.0623. The van der Waals surface area contributed by atoms with Crippen LogP contribution in [0.25, 0.3) is 10.6 Å². The fourth-order valence-corrected chi connectivity index (χ4v) is 3.96. The first-order valence-electron chi connectivity index (χ1n) is 7.93. The number of nitrogens with zero attached hydrogens (tertiary/aromatic N) is 2. The van der Waals surface area contributed by atoms with Gasteiger partial charge in [-0.3, -0.25) is 9.78 Å². The molecule has 1 atom stereocenters. The lowest BCUT2D eigenvalue weighted by molar-refractivity contribution is -0.125. The van der Waals surface area contributed by atoms with Crippen molar-refractivity contribution in [1.82, 2.24) is 15.3 Å². The molecule has 2 aromatic rings. The highest BCUT2D eigenvalue weighted by atomic mass is 32.1. The molecule has 0 fully saturated rings. The van der Waals surface area contributed by atoms with Crippen LogP contribution in [0.3, 0.4) is 0 Å². The maximum Gasteiger partial charge on any atom is 0.223 e. The number of methoxy groups -OCH3 is 1. The Balaban J connectivity index is 1.62. The molecule has 2 aromatic heterocycles. The van der Waals surface area contributed by atoms with Crippen LogP contribution in [-0.2, 0) is 22.4 Å². The Hall–Kier alpha value is -1.79. The van der Waals surface area contributed by atoms with E-state index in [1.54, 1.807) is 24.6 Å². The van der Waals surface area contributed by atoms with Gasteiger partial charge in [-0.25, -0.2) is 4.98 Å². The standard InChI is InChI=1S/C17H21N3O2S/c1-22-9-3-8-19-16(21)12-5-6-14-15(10-12)23-17(20-14)13-4-2-7-18-11-13/h2,4,7,11-12H,3,5-6,8-10H2,1H3,(H,19,21). The number of thiazole rings is 1. The quantitative estimate of drug-likeness (QED) is 0.826. The number of rotatable bonds is 6. The van der Waals surface area contributed by atoms with E-state index in [9.17, 15) is 4.79 Å². The molecule has 23 heavy (non-hydrogen) atoms. The summed E-state index contributed by atoms with van der Waals surface area (Å²) in [6.45, 7) is 1.36. The lowest BCUT2D eigenvalue weighted by atomic mass is 9.90. The molecule has 0 saturated carbocycles. The minimum absolute atomic E-state index is 0.0623. The van der Waals surface area contributed by atoms with Crippen LogP contribution in [0.15, 0.2) is 24.5 Å².